The van der Waals surface area contributed by atoms with E-state index in [2.05, 4.69) is 15.3 Å². The number of halogens is 1. The topological polar surface area (TPSA) is 58.1 Å². The molecule has 0 aliphatic heterocycles. The van der Waals surface area contributed by atoms with Gasteiger partial charge in [0.2, 0.25) is 5.91 Å². The number of amides is 1. The van der Waals surface area contributed by atoms with Gasteiger partial charge < -0.3 is 10.2 Å². The molecule has 0 fully saturated rings. The van der Waals surface area contributed by atoms with Crippen LogP contribution in [-0.4, -0.2) is 41.4 Å². The van der Waals surface area contributed by atoms with Crippen LogP contribution in [0.2, 0.25) is 5.02 Å². The molecule has 0 aliphatic carbocycles. The second-order valence-corrected chi connectivity index (χ2v) is 4.79. The molecule has 0 atom stereocenters. The Hall–Kier alpha value is -1.88. The molecule has 0 unspecified atom stereocenters. The van der Waals surface area contributed by atoms with Gasteiger partial charge in [0.05, 0.1) is 17.2 Å². The minimum Gasteiger partial charge on any atom is -0.368 e. The van der Waals surface area contributed by atoms with Crippen molar-refractivity contribution in [1.29, 1.82) is 0 Å². The van der Waals surface area contributed by atoms with Crippen LogP contribution < -0.4 is 5.32 Å². The SMILES string of the molecule is CN(C)C(=O)CCNc1cnc2cc(Cl)ccc2n1. The average molecular weight is 279 g/mol. The molecule has 1 heterocycles. The fourth-order valence-corrected chi connectivity index (χ4v) is 1.76. The Labute approximate surface area is 116 Å². The number of fused-ring (bicyclic) bond motifs is 1. The van der Waals surface area contributed by atoms with E-state index in [9.17, 15) is 4.79 Å². The maximum atomic E-state index is 11.4. The van der Waals surface area contributed by atoms with Crippen molar-refractivity contribution in [3.63, 3.8) is 0 Å². The number of anilines is 1. The molecule has 100 valence electrons. The molecule has 1 aromatic heterocycles. The molecular weight excluding hydrogens is 264 g/mol. The van der Waals surface area contributed by atoms with Crippen molar-refractivity contribution < 1.29 is 4.79 Å². The first-order chi connectivity index (χ1) is 9.06. The first kappa shape index (κ1) is 13.5. The third kappa shape index (κ3) is 3.54. The number of benzene rings is 1. The lowest BCUT2D eigenvalue weighted by molar-refractivity contribution is -0.128. The first-order valence-electron chi connectivity index (χ1n) is 5.92. The van der Waals surface area contributed by atoms with Gasteiger partial charge in [-0.2, -0.15) is 0 Å². The standard InChI is InChI=1S/C13H15ClN4O/c1-18(2)13(19)5-6-15-12-8-16-11-7-9(14)3-4-10(11)17-12/h3-4,7-8H,5-6H2,1-2H3,(H,15,17). The van der Waals surface area contributed by atoms with Crippen LogP contribution in [0.1, 0.15) is 6.42 Å². The summed E-state index contributed by atoms with van der Waals surface area (Å²) in [5.41, 5.74) is 1.52. The molecular formula is C13H15ClN4O. The number of rotatable bonds is 4. The molecule has 0 aliphatic rings. The normalized spacial score (nSPS) is 10.5. The third-order valence-corrected chi connectivity index (χ3v) is 2.88. The zero-order valence-electron chi connectivity index (χ0n) is 10.9. The summed E-state index contributed by atoms with van der Waals surface area (Å²) in [6.07, 6.45) is 2.06. The Kier molecular flexibility index (Phi) is 4.16. The number of nitrogens with zero attached hydrogens (tertiary/aromatic N) is 3. The van der Waals surface area contributed by atoms with Gasteiger partial charge in [0.25, 0.3) is 0 Å². The lowest BCUT2D eigenvalue weighted by atomic mass is 10.3. The number of carbonyl (C=O) groups excluding carboxylic acids is 1. The van der Waals surface area contributed by atoms with E-state index < -0.39 is 0 Å². The predicted octanol–water partition coefficient (Wildman–Crippen LogP) is 2.17. The minimum absolute atomic E-state index is 0.0769. The van der Waals surface area contributed by atoms with E-state index in [1.807, 2.05) is 6.07 Å². The zero-order valence-corrected chi connectivity index (χ0v) is 11.6. The van der Waals surface area contributed by atoms with Gasteiger partial charge >= 0.3 is 0 Å². The summed E-state index contributed by atoms with van der Waals surface area (Å²) in [4.78, 5) is 21.7. The van der Waals surface area contributed by atoms with Crippen molar-refractivity contribution >= 4 is 34.4 Å². The molecule has 19 heavy (non-hydrogen) atoms. The Morgan fingerprint density at radius 1 is 1.37 bits per heavy atom. The van der Waals surface area contributed by atoms with Gasteiger partial charge in [-0.25, -0.2) is 4.98 Å². The number of hydrogen-bond donors (Lipinski definition) is 1. The van der Waals surface area contributed by atoms with Crippen LogP contribution in [0.25, 0.3) is 11.0 Å². The number of aromatic nitrogens is 2. The fourth-order valence-electron chi connectivity index (χ4n) is 1.59. The monoisotopic (exact) mass is 278 g/mol. The summed E-state index contributed by atoms with van der Waals surface area (Å²) in [7, 11) is 3.48. The number of carbonyl (C=O) groups is 1. The maximum Gasteiger partial charge on any atom is 0.223 e. The second kappa shape index (κ2) is 5.84. The highest BCUT2D eigenvalue weighted by atomic mass is 35.5. The fraction of sp³-hybridized carbons (Fsp3) is 0.308. The van der Waals surface area contributed by atoms with Gasteiger partial charge in [-0.3, -0.25) is 9.78 Å². The molecule has 1 amide bonds. The average Bonchev–Trinajstić information content (AvgIpc) is 2.38. The van der Waals surface area contributed by atoms with Gasteiger partial charge in [0.1, 0.15) is 5.82 Å². The van der Waals surface area contributed by atoms with Gasteiger partial charge in [-0.05, 0) is 18.2 Å². The van der Waals surface area contributed by atoms with Crippen LogP contribution in [0.3, 0.4) is 0 Å². The maximum absolute atomic E-state index is 11.4. The van der Waals surface area contributed by atoms with Crippen LogP contribution in [0.5, 0.6) is 0 Å². The molecule has 2 rings (SSSR count). The van der Waals surface area contributed by atoms with E-state index in [1.54, 1.807) is 37.3 Å². The van der Waals surface area contributed by atoms with Crippen molar-refractivity contribution in [3.8, 4) is 0 Å². The number of hydrogen-bond acceptors (Lipinski definition) is 4. The van der Waals surface area contributed by atoms with Crippen molar-refractivity contribution in [1.82, 2.24) is 14.9 Å². The highest BCUT2D eigenvalue weighted by Gasteiger charge is 2.04. The highest BCUT2D eigenvalue weighted by molar-refractivity contribution is 6.31. The predicted molar refractivity (Wildman–Crippen MR) is 76.3 cm³/mol. The van der Waals surface area contributed by atoms with Gasteiger partial charge in [0.15, 0.2) is 0 Å². The van der Waals surface area contributed by atoms with Crippen LogP contribution in [0.15, 0.2) is 24.4 Å². The van der Waals surface area contributed by atoms with E-state index in [0.29, 0.717) is 23.8 Å². The molecule has 6 heteroatoms. The summed E-state index contributed by atoms with van der Waals surface area (Å²) >= 11 is 5.88. The minimum atomic E-state index is 0.0769. The van der Waals surface area contributed by atoms with Crippen LogP contribution in [0, 0.1) is 0 Å². The summed E-state index contributed by atoms with van der Waals surface area (Å²) in [6, 6.07) is 5.36. The molecule has 1 aromatic carbocycles. The Balaban J connectivity index is 2.02. The molecule has 0 saturated heterocycles. The van der Waals surface area contributed by atoms with Gasteiger partial charge in [0, 0.05) is 32.1 Å². The Bertz CT molecular complexity index is 600. The lowest BCUT2D eigenvalue weighted by Crippen LogP contribution is -2.24. The van der Waals surface area contributed by atoms with Crippen molar-refractivity contribution in [2.45, 2.75) is 6.42 Å². The largest absolute Gasteiger partial charge is 0.368 e. The summed E-state index contributed by atoms with van der Waals surface area (Å²) < 4.78 is 0. The summed E-state index contributed by atoms with van der Waals surface area (Å²) in [5.74, 6) is 0.731. The van der Waals surface area contributed by atoms with E-state index in [4.69, 9.17) is 11.6 Å². The van der Waals surface area contributed by atoms with Crippen LogP contribution >= 0.6 is 11.6 Å². The molecule has 0 saturated carbocycles. The first-order valence-corrected chi connectivity index (χ1v) is 6.30. The van der Waals surface area contributed by atoms with Crippen LogP contribution in [0.4, 0.5) is 5.82 Å². The van der Waals surface area contributed by atoms with Crippen LogP contribution in [-0.2, 0) is 4.79 Å². The van der Waals surface area contributed by atoms with Gasteiger partial charge in [-0.1, -0.05) is 11.6 Å². The second-order valence-electron chi connectivity index (χ2n) is 4.35. The Morgan fingerprint density at radius 2 is 2.16 bits per heavy atom. The number of nitrogens with one attached hydrogen (secondary N) is 1. The third-order valence-electron chi connectivity index (χ3n) is 2.65. The molecule has 0 spiro atoms. The van der Waals surface area contributed by atoms with E-state index in [-0.39, 0.29) is 5.91 Å². The van der Waals surface area contributed by atoms with Crippen molar-refractivity contribution in [2.75, 3.05) is 26.0 Å². The molecule has 0 radical (unpaired) electrons. The smallest absolute Gasteiger partial charge is 0.223 e. The van der Waals surface area contributed by atoms with E-state index in [1.165, 1.54) is 0 Å². The van der Waals surface area contributed by atoms with Gasteiger partial charge in [-0.15, -0.1) is 0 Å². The molecule has 1 N–H and O–H groups in total. The van der Waals surface area contributed by atoms with Crippen molar-refractivity contribution in [3.05, 3.63) is 29.4 Å². The molecule has 5 nitrogen and oxygen atoms in total. The van der Waals surface area contributed by atoms with Crippen molar-refractivity contribution in [2.24, 2.45) is 0 Å². The quantitative estimate of drug-likeness (QED) is 0.931. The van der Waals surface area contributed by atoms with E-state index in [0.717, 1.165) is 11.0 Å². The van der Waals surface area contributed by atoms with E-state index >= 15 is 0 Å². The zero-order chi connectivity index (χ0) is 13.8. The highest BCUT2D eigenvalue weighted by Crippen LogP contribution is 2.17. The summed E-state index contributed by atoms with van der Waals surface area (Å²) in [5, 5.41) is 3.72. The molecule has 0 bridgehead atoms. The summed E-state index contributed by atoms with van der Waals surface area (Å²) in [6.45, 7) is 0.533. The Morgan fingerprint density at radius 3 is 2.89 bits per heavy atom. The lowest BCUT2D eigenvalue weighted by Gasteiger charge is -2.10. The molecule has 2 aromatic rings.